The molecule has 0 aromatic carbocycles. The van der Waals surface area contributed by atoms with Crippen LogP contribution in [-0.4, -0.2) is 35.1 Å². The molecule has 1 rings (SSSR count). The topological polar surface area (TPSA) is 38.7 Å². The van der Waals surface area contributed by atoms with Crippen LogP contribution in [0, 0.1) is 5.92 Å². The molecule has 1 fully saturated rings. The fourth-order valence-corrected chi connectivity index (χ4v) is 2.61. The van der Waals surface area contributed by atoms with Crippen molar-refractivity contribution in [1.29, 1.82) is 0 Å². The molecule has 1 saturated heterocycles. The Hall–Kier alpha value is -0.120. The first-order valence-corrected chi connectivity index (χ1v) is 6.14. The zero-order valence-corrected chi connectivity index (χ0v) is 11.4. The molecular weight excluding hydrogens is 204 g/mol. The normalized spacial score (nSPS) is 29.6. The standard InChI is InChI=1S/C13H26O3/c1-9(2)15-8-11(14)10-7-12(3,4)16-13(10,5)6/h9-11,14H,7-8H2,1-6H3. The van der Waals surface area contributed by atoms with Gasteiger partial charge in [0.05, 0.1) is 30.0 Å². The Morgan fingerprint density at radius 1 is 1.31 bits per heavy atom. The van der Waals surface area contributed by atoms with E-state index in [1.807, 2.05) is 27.7 Å². The minimum absolute atomic E-state index is 0.140. The summed E-state index contributed by atoms with van der Waals surface area (Å²) < 4.78 is 11.4. The Kier molecular flexibility index (Phi) is 4.04. The van der Waals surface area contributed by atoms with Crippen LogP contribution < -0.4 is 0 Å². The molecule has 2 unspecified atom stereocenters. The lowest BCUT2D eigenvalue weighted by molar-refractivity contribution is -0.0990. The van der Waals surface area contributed by atoms with E-state index in [2.05, 4.69) is 13.8 Å². The highest BCUT2D eigenvalue weighted by Gasteiger charge is 2.48. The smallest absolute Gasteiger partial charge is 0.0830 e. The van der Waals surface area contributed by atoms with Crippen LogP contribution in [0.4, 0.5) is 0 Å². The summed E-state index contributed by atoms with van der Waals surface area (Å²) in [6.45, 7) is 12.6. The summed E-state index contributed by atoms with van der Waals surface area (Å²) >= 11 is 0. The molecule has 1 heterocycles. The van der Waals surface area contributed by atoms with Gasteiger partial charge < -0.3 is 14.6 Å². The third-order valence-electron chi connectivity index (χ3n) is 3.21. The largest absolute Gasteiger partial charge is 0.390 e. The van der Waals surface area contributed by atoms with Gasteiger partial charge in [-0.2, -0.15) is 0 Å². The molecule has 3 nitrogen and oxygen atoms in total. The Bertz CT molecular complexity index is 233. The van der Waals surface area contributed by atoms with Crippen molar-refractivity contribution in [2.45, 2.75) is 71.4 Å². The van der Waals surface area contributed by atoms with Crippen molar-refractivity contribution >= 4 is 0 Å². The minimum Gasteiger partial charge on any atom is -0.390 e. The molecule has 0 aromatic rings. The number of ether oxygens (including phenoxy) is 2. The maximum Gasteiger partial charge on any atom is 0.0830 e. The summed E-state index contributed by atoms with van der Waals surface area (Å²) in [5.41, 5.74) is -0.420. The average Bonchev–Trinajstić information content (AvgIpc) is 2.30. The third-order valence-corrected chi connectivity index (χ3v) is 3.21. The van der Waals surface area contributed by atoms with E-state index in [9.17, 15) is 5.11 Å². The van der Waals surface area contributed by atoms with Gasteiger partial charge in [-0.25, -0.2) is 0 Å². The summed E-state index contributed by atoms with van der Waals surface area (Å²) in [6.07, 6.45) is 0.593. The van der Waals surface area contributed by atoms with E-state index in [0.717, 1.165) is 6.42 Å². The lowest BCUT2D eigenvalue weighted by Gasteiger charge is -2.30. The molecule has 0 amide bonds. The zero-order valence-electron chi connectivity index (χ0n) is 11.4. The van der Waals surface area contributed by atoms with Crippen LogP contribution in [0.15, 0.2) is 0 Å². The van der Waals surface area contributed by atoms with Crippen molar-refractivity contribution in [2.24, 2.45) is 5.92 Å². The SMILES string of the molecule is CC(C)OCC(O)C1CC(C)(C)OC1(C)C. The fraction of sp³-hybridized carbons (Fsp3) is 1.00. The van der Waals surface area contributed by atoms with Gasteiger partial charge in [0.1, 0.15) is 0 Å². The molecule has 0 aromatic heterocycles. The predicted octanol–water partition coefficient (Wildman–Crippen LogP) is 2.37. The molecule has 2 atom stereocenters. The van der Waals surface area contributed by atoms with Crippen molar-refractivity contribution in [3.8, 4) is 0 Å². The molecule has 0 spiro atoms. The Morgan fingerprint density at radius 2 is 1.88 bits per heavy atom. The van der Waals surface area contributed by atoms with Crippen LogP contribution in [0.3, 0.4) is 0 Å². The summed E-state index contributed by atoms with van der Waals surface area (Å²) in [4.78, 5) is 0. The van der Waals surface area contributed by atoms with Gasteiger partial charge in [0, 0.05) is 5.92 Å². The van der Waals surface area contributed by atoms with Crippen molar-refractivity contribution in [2.75, 3.05) is 6.61 Å². The highest BCUT2D eigenvalue weighted by Crippen LogP contribution is 2.43. The predicted molar refractivity (Wildman–Crippen MR) is 64.4 cm³/mol. The number of aliphatic hydroxyl groups is 1. The molecule has 3 heteroatoms. The summed E-state index contributed by atoms with van der Waals surface area (Å²) in [5, 5.41) is 10.2. The highest BCUT2D eigenvalue weighted by atomic mass is 16.5. The van der Waals surface area contributed by atoms with Crippen LogP contribution in [0.5, 0.6) is 0 Å². The molecule has 0 radical (unpaired) electrons. The molecule has 0 aliphatic carbocycles. The second kappa shape index (κ2) is 4.63. The van der Waals surface area contributed by atoms with Crippen LogP contribution in [0.1, 0.15) is 48.0 Å². The fourth-order valence-electron chi connectivity index (χ4n) is 2.61. The van der Waals surface area contributed by atoms with Crippen molar-refractivity contribution < 1.29 is 14.6 Å². The van der Waals surface area contributed by atoms with E-state index >= 15 is 0 Å². The van der Waals surface area contributed by atoms with Gasteiger partial charge in [-0.15, -0.1) is 0 Å². The molecular formula is C13H26O3. The Morgan fingerprint density at radius 3 is 2.25 bits per heavy atom. The van der Waals surface area contributed by atoms with E-state index in [1.165, 1.54) is 0 Å². The van der Waals surface area contributed by atoms with Gasteiger partial charge in [0.15, 0.2) is 0 Å². The summed E-state index contributed by atoms with van der Waals surface area (Å²) in [5.74, 6) is 0.140. The van der Waals surface area contributed by atoms with E-state index in [-0.39, 0.29) is 23.2 Å². The molecule has 96 valence electrons. The summed E-state index contributed by atoms with van der Waals surface area (Å²) in [7, 11) is 0. The van der Waals surface area contributed by atoms with E-state index < -0.39 is 6.10 Å². The van der Waals surface area contributed by atoms with E-state index in [0.29, 0.717) is 6.61 Å². The number of hydrogen-bond donors (Lipinski definition) is 1. The maximum atomic E-state index is 10.2. The molecule has 1 aliphatic heterocycles. The molecule has 1 aliphatic rings. The minimum atomic E-state index is -0.445. The van der Waals surface area contributed by atoms with Gasteiger partial charge in [0.25, 0.3) is 0 Å². The Balaban J connectivity index is 2.59. The highest BCUT2D eigenvalue weighted by molar-refractivity contribution is 4.97. The molecule has 16 heavy (non-hydrogen) atoms. The van der Waals surface area contributed by atoms with Crippen molar-refractivity contribution in [1.82, 2.24) is 0 Å². The van der Waals surface area contributed by atoms with Gasteiger partial charge in [-0.05, 0) is 48.0 Å². The van der Waals surface area contributed by atoms with Gasteiger partial charge in [0.2, 0.25) is 0 Å². The zero-order chi connectivity index (χ0) is 12.6. The van der Waals surface area contributed by atoms with Crippen LogP contribution in [-0.2, 0) is 9.47 Å². The monoisotopic (exact) mass is 230 g/mol. The first kappa shape index (κ1) is 13.9. The average molecular weight is 230 g/mol. The van der Waals surface area contributed by atoms with Gasteiger partial charge in [-0.3, -0.25) is 0 Å². The van der Waals surface area contributed by atoms with E-state index in [4.69, 9.17) is 9.47 Å². The van der Waals surface area contributed by atoms with Crippen molar-refractivity contribution in [3.63, 3.8) is 0 Å². The van der Waals surface area contributed by atoms with Crippen LogP contribution in [0.25, 0.3) is 0 Å². The molecule has 0 bridgehead atoms. The first-order valence-electron chi connectivity index (χ1n) is 6.14. The number of rotatable bonds is 4. The van der Waals surface area contributed by atoms with Crippen LogP contribution in [0.2, 0.25) is 0 Å². The van der Waals surface area contributed by atoms with Crippen LogP contribution >= 0.6 is 0 Å². The quantitative estimate of drug-likeness (QED) is 0.806. The lowest BCUT2D eigenvalue weighted by Crippen LogP contribution is -2.39. The third kappa shape index (κ3) is 3.44. The van der Waals surface area contributed by atoms with Gasteiger partial charge in [-0.1, -0.05) is 0 Å². The van der Waals surface area contributed by atoms with Gasteiger partial charge >= 0.3 is 0 Å². The second-order valence-corrected chi connectivity index (χ2v) is 6.23. The number of aliphatic hydroxyl groups excluding tert-OH is 1. The van der Waals surface area contributed by atoms with E-state index in [1.54, 1.807) is 0 Å². The Labute approximate surface area is 99.1 Å². The molecule has 0 saturated carbocycles. The summed E-state index contributed by atoms with van der Waals surface area (Å²) in [6, 6.07) is 0. The first-order chi connectivity index (χ1) is 7.14. The number of hydrogen-bond acceptors (Lipinski definition) is 3. The van der Waals surface area contributed by atoms with Crippen molar-refractivity contribution in [3.05, 3.63) is 0 Å². The molecule has 1 N–H and O–H groups in total. The lowest BCUT2D eigenvalue weighted by atomic mass is 9.83. The second-order valence-electron chi connectivity index (χ2n) is 6.23. The maximum absolute atomic E-state index is 10.2.